The molecule has 0 bridgehead atoms. The first kappa shape index (κ1) is 12.7. The van der Waals surface area contributed by atoms with E-state index in [9.17, 15) is 0 Å². The third-order valence-electron chi connectivity index (χ3n) is 3.69. The Labute approximate surface area is 94.3 Å². The Morgan fingerprint density at radius 1 is 1.53 bits per heavy atom. The largest absolute Gasteiger partial charge is 0.380 e. The lowest BCUT2D eigenvalue weighted by Gasteiger charge is -2.29. The number of hydrogen-bond donors (Lipinski definition) is 0. The smallest absolute Gasteiger partial charge is 0.0716 e. The Kier molecular flexibility index (Phi) is 4.35. The van der Waals surface area contributed by atoms with Crippen LogP contribution in [-0.4, -0.2) is 36.7 Å². The molecule has 2 heterocycles. The Morgan fingerprint density at radius 3 is 2.67 bits per heavy atom. The molecule has 0 aliphatic carbocycles. The first-order valence-electron chi connectivity index (χ1n) is 6.14. The molecule has 2 rings (SSSR count). The van der Waals surface area contributed by atoms with E-state index in [-0.39, 0.29) is 0 Å². The van der Waals surface area contributed by atoms with Gasteiger partial charge in [-0.3, -0.25) is 4.90 Å². The van der Waals surface area contributed by atoms with Crippen molar-refractivity contribution < 1.29 is 4.74 Å². The van der Waals surface area contributed by atoms with Gasteiger partial charge in [0.25, 0.3) is 0 Å². The van der Waals surface area contributed by atoms with E-state index in [0.29, 0.717) is 11.6 Å². The predicted octanol–water partition coefficient (Wildman–Crippen LogP) is 2.84. The van der Waals surface area contributed by atoms with Gasteiger partial charge >= 0.3 is 0 Å². The summed E-state index contributed by atoms with van der Waals surface area (Å²) in [7, 11) is 1.82. The fraction of sp³-hybridized carbons (Fsp3) is 0.846. The van der Waals surface area contributed by atoms with E-state index < -0.39 is 0 Å². The number of rotatable bonds is 2. The Bertz CT molecular complexity index is 227. The van der Waals surface area contributed by atoms with Crippen LogP contribution in [-0.2, 0) is 4.74 Å². The SMILES string of the molecule is C=C1CN2C[C@H](OC)C[C@@]2(CC)C1.CC. The molecule has 2 saturated heterocycles. The van der Waals surface area contributed by atoms with Gasteiger partial charge in [-0.15, -0.1) is 0 Å². The topological polar surface area (TPSA) is 12.5 Å². The summed E-state index contributed by atoms with van der Waals surface area (Å²) in [5.41, 5.74) is 1.80. The average Bonchev–Trinajstić information content (AvgIpc) is 2.73. The van der Waals surface area contributed by atoms with Crippen LogP contribution < -0.4 is 0 Å². The van der Waals surface area contributed by atoms with Crippen molar-refractivity contribution in [3.05, 3.63) is 12.2 Å². The highest BCUT2D eigenvalue weighted by molar-refractivity contribution is 5.18. The summed E-state index contributed by atoms with van der Waals surface area (Å²) in [6.07, 6.45) is 4.06. The maximum Gasteiger partial charge on any atom is 0.0716 e. The van der Waals surface area contributed by atoms with E-state index in [4.69, 9.17) is 4.74 Å². The summed E-state index contributed by atoms with van der Waals surface area (Å²) in [4.78, 5) is 2.56. The van der Waals surface area contributed by atoms with E-state index in [1.54, 1.807) is 0 Å². The van der Waals surface area contributed by atoms with Crippen LogP contribution in [0, 0.1) is 0 Å². The second-order valence-electron chi connectivity index (χ2n) is 4.45. The second kappa shape index (κ2) is 5.13. The summed E-state index contributed by atoms with van der Waals surface area (Å²) in [5, 5.41) is 0. The molecule has 0 aromatic heterocycles. The second-order valence-corrected chi connectivity index (χ2v) is 4.45. The van der Waals surface area contributed by atoms with E-state index in [1.165, 1.54) is 24.8 Å². The molecule has 2 atom stereocenters. The van der Waals surface area contributed by atoms with Crippen molar-refractivity contribution in [2.45, 2.75) is 51.7 Å². The first-order valence-corrected chi connectivity index (χ1v) is 6.14. The molecule has 0 N–H and O–H groups in total. The van der Waals surface area contributed by atoms with E-state index >= 15 is 0 Å². The minimum absolute atomic E-state index is 0.401. The fourth-order valence-electron chi connectivity index (χ4n) is 2.92. The van der Waals surface area contributed by atoms with Crippen molar-refractivity contribution >= 4 is 0 Å². The minimum atomic E-state index is 0.401. The minimum Gasteiger partial charge on any atom is -0.380 e. The summed E-state index contributed by atoms with van der Waals surface area (Å²) in [6, 6.07) is 0. The third kappa shape index (κ3) is 2.26. The van der Waals surface area contributed by atoms with Crippen molar-refractivity contribution in [3.8, 4) is 0 Å². The molecule has 0 unspecified atom stereocenters. The number of hydrogen-bond acceptors (Lipinski definition) is 2. The lowest BCUT2D eigenvalue weighted by Crippen LogP contribution is -2.37. The Morgan fingerprint density at radius 2 is 2.20 bits per heavy atom. The van der Waals surface area contributed by atoms with Gasteiger partial charge in [0.05, 0.1) is 6.10 Å². The maximum absolute atomic E-state index is 5.44. The van der Waals surface area contributed by atoms with Gasteiger partial charge in [0.15, 0.2) is 0 Å². The van der Waals surface area contributed by atoms with Crippen LogP contribution in [0.3, 0.4) is 0 Å². The van der Waals surface area contributed by atoms with Gasteiger partial charge < -0.3 is 4.74 Å². The third-order valence-corrected chi connectivity index (χ3v) is 3.69. The average molecular weight is 211 g/mol. The Hall–Kier alpha value is -0.340. The van der Waals surface area contributed by atoms with Crippen LogP contribution in [0.15, 0.2) is 12.2 Å². The molecule has 0 amide bonds. The molecule has 15 heavy (non-hydrogen) atoms. The lowest BCUT2D eigenvalue weighted by atomic mass is 9.89. The van der Waals surface area contributed by atoms with Crippen molar-refractivity contribution in [1.82, 2.24) is 4.90 Å². The zero-order valence-electron chi connectivity index (χ0n) is 10.7. The highest BCUT2D eigenvalue weighted by Gasteiger charge is 2.48. The summed E-state index contributed by atoms with van der Waals surface area (Å²) in [6.45, 7) is 12.6. The highest BCUT2D eigenvalue weighted by atomic mass is 16.5. The molecule has 2 aliphatic heterocycles. The van der Waals surface area contributed by atoms with Gasteiger partial charge in [-0.2, -0.15) is 0 Å². The van der Waals surface area contributed by atoms with Gasteiger partial charge in [0, 0.05) is 25.7 Å². The zero-order valence-corrected chi connectivity index (χ0v) is 10.7. The molecule has 0 spiro atoms. The van der Waals surface area contributed by atoms with Gasteiger partial charge in [-0.25, -0.2) is 0 Å². The lowest BCUT2D eigenvalue weighted by molar-refractivity contribution is 0.108. The van der Waals surface area contributed by atoms with Crippen LogP contribution in [0.5, 0.6) is 0 Å². The Balaban J connectivity index is 0.000000531. The van der Waals surface area contributed by atoms with E-state index in [2.05, 4.69) is 18.4 Å². The molecular formula is C13H25NO. The molecular weight excluding hydrogens is 186 g/mol. The van der Waals surface area contributed by atoms with Crippen LogP contribution in [0.25, 0.3) is 0 Å². The van der Waals surface area contributed by atoms with Crippen molar-refractivity contribution in [2.75, 3.05) is 20.2 Å². The highest BCUT2D eigenvalue weighted by Crippen LogP contribution is 2.43. The van der Waals surface area contributed by atoms with Crippen LogP contribution in [0.1, 0.15) is 40.0 Å². The summed E-state index contributed by atoms with van der Waals surface area (Å²) in [5.74, 6) is 0. The van der Waals surface area contributed by atoms with Gasteiger partial charge in [0.1, 0.15) is 0 Å². The van der Waals surface area contributed by atoms with Gasteiger partial charge in [-0.05, 0) is 19.3 Å². The molecule has 0 aromatic carbocycles. The van der Waals surface area contributed by atoms with E-state index in [0.717, 1.165) is 13.1 Å². The molecule has 2 nitrogen and oxygen atoms in total. The quantitative estimate of drug-likeness (QED) is 0.651. The molecule has 88 valence electrons. The first-order chi connectivity index (χ1) is 7.20. The van der Waals surface area contributed by atoms with Gasteiger partial charge in [0.2, 0.25) is 0 Å². The van der Waals surface area contributed by atoms with Crippen molar-refractivity contribution in [2.24, 2.45) is 0 Å². The molecule has 0 aromatic rings. The standard InChI is InChI=1S/C11H19NO.C2H6/c1-4-11-5-9(2)7-12(11)8-10(6-11)13-3;1-2/h10H,2,4-8H2,1,3H3;1-2H3/t10-,11-;/m1./s1. The van der Waals surface area contributed by atoms with Crippen LogP contribution >= 0.6 is 0 Å². The van der Waals surface area contributed by atoms with Crippen molar-refractivity contribution in [3.63, 3.8) is 0 Å². The monoisotopic (exact) mass is 211 g/mol. The zero-order chi connectivity index (χ0) is 11.5. The molecule has 2 heteroatoms. The number of nitrogens with zero attached hydrogens (tertiary/aromatic N) is 1. The molecule has 0 radical (unpaired) electrons. The predicted molar refractivity (Wildman–Crippen MR) is 65.1 cm³/mol. The van der Waals surface area contributed by atoms with Crippen molar-refractivity contribution in [1.29, 1.82) is 0 Å². The number of ether oxygens (including phenoxy) is 1. The van der Waals surface area contributed by atoms with E-state index in [1.807, 2.05) is 21.0 Å². The van der Waals surface area contributed by atoms with Crippen LogP contribution in [0.2, 0.25) is 0 Å². The molecule has 2 aliphatic rings. The summed E-state index contributed by atoms with van der Waals surface area (Å²) >= 11 is 0. The summed E-state index contributed by atoms with van der Waals surface area (Å²) < 4.78 is 5.44. The molecule has 0 saturated carbocycles. The number of fused-ring (bicyclic) bond motifs is 1. The fourth-order valence-corrected chi connectivity index (χ4v) is 2.92. The van der Waals surface area contributed by atoms with Crippen LogP contribution in [0.4, 0.5) is 0 Å². The van der Waals surface area contributed by atoms with Gasteiger partial charge in [-0.1, -0.05) is 32.9 Å². The number of methoxy groups -OCH3 is 1. The maximum atomic E-state index is 5.44. The molecule has 2 fully saturated rings. The normalized spacial score (nSPS) is 34.9.